The molecule has 0 radical (unpaired) electrons. The van der Waals surface area contributed by atoms with Gasteiger partial charge >= 0.3 is 0 Å². The first kappa shape index (κ1) is 22.0. The molecule has 3 heterocycles. The number of oxazole rings is 2. The first-order valence-electron chi connectivity index (χ1n) is 9.56. The van der Waals surface area contributed by atoms with Gasteiger partial charge in [0.05, 0.1) is 11.9 Å². The van der Waals surface area contributed by atoms with E-state index in [2.05, 4.69) is 25.5 Å². The minimum absolute atomic E-state index is 0.0215. The Bertz CT molecular complexity index is 1290. The number of carbonyl (C=O) groups is 1. The Morgan fingerprint density at radius 2 is 2.06 bits per heavy atom. The van der Waals surface area contributed by atoms with Crippen LogP contribution in [0, 0.1) is 5.82 Å². The van der Waals surface area contributed by atoms with E-state index in [1.807, 2.05) is 0 Å². The van der Waals surface area contributed by atoms with Crippen molar-refractivity contribution in [2.24, 2.45) is 0 Å². The molecule has 0 aliphatic carbocycles. The molecule has 10 nitrogen and oxygen atoms in total. The molecule has 0 saturated heterocycles. The van der Waals surface area contributed by atoms with Gasteiger partial charge in [0.15, 0.2) is 23.7 Å². The topological polar surface area (TPSA) is 115 Å². The van der Waals surface area contributed by atoms with Gasteiger partial charge in [-0.15, -0.1) is 5.10 Å². The maximum Gasteiger partial charge on any atom is 0.290 e. The molecule has 4 rings (SSSR count). The summed E-state index contributed by atoms with van der Waals surface area (Å²) in [5.41, 5.74) is 0.228. The minimum Gasteiger partial charge on any atom is -0.446 e. The molecular formula is C20H18F3N7O3. The van der Waals surface area contributed by atoms with E-state index in [1.165, 1.54) is 24.4 Å². The molecule has 13 heteroatoms. The van der Waals surface area contributed by atoms with Gasteiger partial charge in [0, 0.05) is 26.6 Å². The van der Waals surface area contributed by atoms with Crippen molar-refractivity contribution in [2.45, 2.75) is 19.4 Å². The number of nitrogens with one attached hydrogen (secondary N) is 1. The number of aromatic nitrogens is 5. The number of anilines is 2. The van der Waals surface area contributed by atoms with Crippen molar-refractivity contribution in [3.63, 3.8) is 0 Å². The number of hydrogen-bond donors (Lipinski definition) is 1. The van der Waals surface area contributed by atoms with Crippen molar-refractivity contribution in [1.29, 1.82) is 0 Å². The highest BCUT2D eigenvalue weighted by molar-refractivity contribution is 6.05. The summed E-state index contributed by atoms with van der Waals surface area (Å²) in [4.78, 5) is 23.1. The highest BCUT2D eigenvalue weighted by Gasteiger charge is 2.29. The monoisotopic (exact) mass is 461 g/mol. The average molecular weight is 461 g/mol. The Labute approximate surface area is 185 Å². The lowest BCUT2D eigenvalue weighted by atomic mass is 10.1. The normalized spacial score (nSPS) is 11.6. The summed E-state index contributed by atoms with van der Waals surface area (Å²) in [7, 11) is 3.37. The Morgan fingerprint density at radius 3 is 2.76 bits per heavy atom. The van der Waals surface area contributed by atoms with Crippen LogP contribution in [-0.4, -0.2) is 45.0 Å². The summed E-state index contributed by atoms with van der Waals surface area (Å²) in [5, 5.41) is 10.5. The maximum absolute atomic E-state index is 14.0. The quantitative estimate of drug-likeness (QED) is 0.444. The van der Waals surface area contributed by atoms with Gasteiger partial charge in [-0.3, -0.25) is 4.79 Å². The van der Waals surface area contributed by atoms with Gasteiger partial charge in [-0.1, -0.05) is 0 Å². The largest absolute Gasteiger partial charge is 0.446 e. The van der Waals surface area contributed by atoms with Crippen molar-refractivity contribution in [2.75, 3.05) is 24.3 Å². The van der Waals surface area contributed by atoms with Gasteiger partial charge in [0.1, 0.15) is 24.3 Å². The predicted molar refractivity (Wildman–Crippen MR) is 109 cm³/mol. The molecular weight excluding hydrogens is 443 g/mol. The zero-order valence-corrected chi connectivity index (χ0v) is 17.7. The molecule has 0 bridgehead atoms. The van der Waals surface area contributed by atoms with Crippen LogP contribution < -0.4 is 10.2 Å². The highest BCUT2D eigenvalue weighted by atomic mass is 19.3. The third kappa shape index (κ3) is 4.71. The maximum atomic E-state index is 14.0. The number of amides is 1. The Kier molecular flexibility index (Phi) is 5.62. The highest BCUT2D eigenvalue weighted by Crippen LogP contribution is 2.29. The molecule has 3 aromatic heterocycles. The average Bonchev–Trinajstić information content (AvgIpc) is 3.49. The molecule has 1 aromatic carbocycles. The van der Waals surface area contributed by atoms with Crippen LogP contribution >= 0.6 is 0 Å². The van der Waals surface area contributed by atoms with Crippen LogP contribution in [0.25, 0.3) is 11.3 Å². The van der Waals surface area contributed by atoms with Crippen LogP contribution in [-0.2, 0) is 12.5 Å². The lowest BCUT2D eigenvalue weighted by molar-refractivity contribution is 0.0126. The van der Waals surface area contributed by atoms with E-state index in [-0.39, 0.29) is 29.7 Å². The van der Waals surface area contributed by atoms with E-state index >= 15 is 0 Å². The number of carbonyl (C=O) groups excluding carboxylic acids is 1. The molecule has 0 unspecified atom stereocenters. The van der Waals surface area contributed by atoms with E-state index in [0.717, 1.165) is 17.5 Å². The van der Waals surface area contributed by atoms with Crippen LogP contribution in [0.5, 0.6) is 0 Å². The summed E-state index contributed by atoms with van der Waals surface area (Å²) in [5.74, 6) is -3.99. The molecule has 33 heavy (non-hydrogen) atoms. The Morgan fingerprint density at radius 1 is 1.27 bits per heavy atom. The summed E-state index contributed by atoms with van der Waals surface area (Å²) in [6.45, 7) is 0.587. The zero-order chi connectivity index (χ0) is 23.8. The van der Waals surface area contributed by atoms with Crippen molar-refractivity contribution in [3.8, 4) is 11.3 Å². The van der Waals surface area contributed by atoms with Gasteiger partial charge in [0.2, 0.25) is 5.89 Å². The van der Waals surface area contributed by atoms with Crippen molar-refractivity contribution >= 4 is 17.4 Å². The second-order valence-electron chi connectivity index (χ2n) is 7.32. The van der Waals surface area contributed by atoms with E-state index in [4.69, 9.17) is 8.83 Å². The summed E-state index contributed by atoms with van der Waals surface area (Å²) < 4.78 is 50.9. The fourth-order valence-corrected chi connectivity index (χ4v) is 2.92. The second-order valence-corrected chi connectivity index (χ2v) is 7.32. The van der Waals surface area contributed by atoms with Crippen LogP contribution in [0.4, 0.5) is 24.7 Å². The van der Waals surface area contributed by atoms with Gasteiger partial charge < -0.3 is 19.1 Å². The van der Waals surface area contributed by atoms with E-state index in [1.54, 1.807) is 19.0 Å². The molecule has 4 aromatic rings. The van der Waals surface area contributed by atoms with E-state index < -0.39 is 23.3 Å². The standard InChI is InChI=1S/C20H18F3N7O3/c1-20(22,23)14-9-32-16(26-14)8-30-25-7-15(28-30)27-19(31)17-18(33-10-24-17)11-4-5-12(21)13(6-11)29(2)3/h4-7,9-10H,8H2,1-3H3,(H,27,28,31). The third-order valence-electron chi connectivity index (χ3n) is 4.53. The summed E-state index contributed by atoms with van der Waals surface area (Å²) in [6.07, 6.45) is 3.23. The number of alkyl halides is 2. The molecule has 0 aliphatic rings. The lowest BCUT2D eigenvalue weighted by Crippen LogP contribution is -2.15. The van der Waals surface area contributed by atoms with Crippen LogP contribution in [0.3, 0.4) is 0 Å². The minimum atomic E-state index is -3.13. The first-order valence-corrected chi connectivity index (χ1v) is 9.56. The van der Waals surface area contributed by atoms with Crippen molar-refractivity contribution in [3.05, 3.63) is 60.1 Å². The van der Waals surface area contributed by atoms with Crippen LogP contribution in [0.2, 0.25) is 0 Å². The van der Waals surface area contributed by atoms with Crippen LogP contribution in [0.1, 0.15) is 29.0 Å². The summed E-state index contributed by atoms with van der Waals surface area (Å²) in [6, 6.07) is 4.27. The number of hydrogen-bond acceptors (Lipinski definition) is 8. The number of halogens is 3. The smallest absolute Gasteiger partial charge is 0.290 e. The summed E-state index contributed by atoms with van der Waals surface area (Å²) >= 11 is 0. The molecule has 0 aliphatic heterocycles. The molecule has 1 amide bonds. The molecule has 0 saturated carbocycles. The van der Waals surface area contributed by atoms with Crippen molar-refractivity contribution in [1.82, 2.24) is 25.0 Å². The van der Waals surface area contributed by atoms with Gasteiger partial charge in [-0.05, 0) is 18.2 Å². The number of benzene rings is 1. The molecule has 1 N–H and O–H groups in total. The molecule has 172 valence electrons. The Hall–Kier alpha value is -4.16. The number of rotatable bonds is 7. The molecule has 0 spiro atoms. The number of nitrogens with zero attached hydrogens (tertiary/aromatic N) is 6. The first-order chi connectivity index (χ1) is 15.6. The SMILES string of the molecule is CN(C)c1cc(-c2ocnc2C(=O)Nc2cnn(Cc3nc(C(C)(F)F)co3)n2)ccc1F. The van der Waals surface area contributed by atoms with Gasteiger partial charge in [0.25, 0.3) is 11.8 Å². The lowest BCUT2D eigenvalue weighted by Gasteiger charge is -2.14. The fourth-order valence-electron chi connectivity index (χ4n) is 2.92. The molecule has 0 atom stereocenters. The second kappa shape index (κ2) is 8.41. The van der Waals surface area contributed by atoms with Crippen molar-refractivity contribution < 1.29 is 26.8 Å². The fraction of sp³-hybridized carbons (Fsp3) is 0.250. The Balaban J connectivity index is 1.49. The zero-order valence-electron chi connectivity index (χ0n) is 17.7. The molecule has 0 fully saturated rings. The van der Waals surface area contributed by atoms with E-state index in [9.17, 15) is 18.0 Å². The van der Waals surface area contributed by atoms with Crippen LogP contribution in [0.15, 0.2) is 45.9 Å². The van der Waals surface area contributed by atoms with E-state index in [0.29, 0.717) is 18.2 Å². The van der Waals surface area contributed by atoms with Gasteiger partial charge in [-0.25, -0.2) is 14.4 Å². The third-order valence-corrected chi connectivity index (χ3v) is 4.53. The predicted octanol–water partition coefficient (Wildman–Crippen LogP) is 3.54. The van der Waals surface area contributed by atoms with Gasteiger partial charge in [-0.2, -0.15) is 18.7 Å².